The zero-order valence-corrected chi connectivity index (χ0v) is 22.2. The molecule has 2 aromatic carbocycles. The molecule has 0 saturated heterocycles. The molecule has 0 amide bonds. The van der Waals surface area contributed by atoms with Crippen LogP contribution in [0.1, 0.15) is 29.9 Å². The standard InChI is InChI=1S/C27H20ClF3N8O2/c1-12(26-38-17-5-3-4-16(28)19(17)27(40)39(26)14-8-13(29)9-34-10-14)37-25-20(24(33)35-11-36-25)23(32)15-6-7-18(41-2)22(31)21(15)30/h3-12,32H,1-2H3,(H3,33,35,36,37). The van der Waals surface area contributed by atoms with E-state index in [4.69, 9.17) is 27.5 Å². The average Bonchev–Trinajstić information content (AvgIpc) is 2.94. The van der Waals surface area contributed by atoms with Crippen LogP contribution in [0.25, 0.3) is 16.6 Å². The topological polar surface area (TPSA) is 145 Å². The molecule has 0 saturated carbocycles. The highest BCUT2D eigenvalue weighted by Gasteiger charge is 2.25. The van der Waals surface area contributed by atoms with Crippen molar-refractivity contribution >= 4 is 39.9 Å². The van der Waals surface area contributed by atoms with Gasteiger partial charge in [-0.05, 0) is 31.2 Å². The highest BCUT2D eigenvalue weighted by molar-refractivity contribution is 6.35. The lowest BCUT2D eigenvalue weighted by Crippen LogP contribution is -2.28. The normalized spacial score (nSPS) is 11.9. The van der Waals surface area contributed by atoms with Crippen molar-refractivity contribution in [2.45, 2.75) is 13.0 Å². The molecule has 5 aromatic rings. The van der Waals surface area contributed by atoms with Crippen LogP contribution in [0.15, 0.2) is 59.9 Å². The van der Waals surface area contributed by atoms with Crippen molar-refractivity contribution in [3.63, 3.8) is 0 Å². The Bertz CT molecular complexity index is 1900. The molecule has 0 spiro atoms. The summed E-state index contributed by atoms with van der Waals surface area (Å²) in [5.74, 6) is -3.75. The summed E-state index contributed by atoms with van der Waals surface area (Å²) in [7, 11) is 1.18. The maximum absolute atomic E-state index is 14.9. The lowest BCUT2D eigenvalue weighted by Gasteiger charge is -2.22. The van der Waals surface area contributed by atoms with Crippen molar-refractivity contribution < 1.29 is 17.9 Å². The number of anilines is 2. The van der Waals surface area contributed by atoms with E-state index in [2.05, 4.69) is 25.3 Å². The Morgan fingerprint density at radius 3 is 2.66 bits per heavy atom. The predicted octanol–water partition coefficient (Wildman–Crippen LogP) is 4.82. The number of benzene rings is 2. The molecule has 14 heteroatoms. The summed E-state index contributed by atoms with van der Waals surface area (Å²) < 4.78 is 49.4. The number of nitrogens with one attached hydrogen (secondary N) is 2. The van der Waals surface area contributed by atoms with E-state index in [-0.39, 0.29) is 50.4 Å². The second kappa shape index (κ2) is 10.8. The molecule has 1 unspecified atom stereocenters. The molecule has 208 valence electrons. The van der Waals surface area contributed by atoms with Crippen molar-refractivity contribution in [3.8, 4) is 11.4 Å². The van der Waals surface area contributed by atoms with Crippen molar-refractivity contribution in [2.24, 2.45) is 0 Å². The highest BCUT2D eigenvalue weighted by atomic mass is 35.5. The third kappa shape index (κ3) is 4.91. The number of rotatable bonds is 7. The molecule has 0 aliphatic heterocycles. The fourth-order valence-electron chi connectivity index (χ4n) is 4.31. The van der Waals surface area contributed by atoms with Crippen LogP contribution < -0.4 is 21.3 Å². The van der Waals surface area contributed by atoms with Crippen molar-refractivity contribution in [3.05, 3.63) is 105 Å². The molecule has 0 aliphatic carbocycles. The monoisotopic (exact) mass is 580 g/mol. The lowest BCUT2D eigenvalue weighted by atomic mass is 10.0. The third-order valence-corrected chi connectivity index (χ3v) is 6.54. The van der Waals surface area contributed by atoms with Crippen LogP contribution in [0.5, 0.6) is 5.75 Å². The quantitative estimate of drug-likeness (QED) is 0.232. The van der Waals surface area contributed by atoms with E-state index in [0.29, 0.717) is 0 Å². The molecular formula is C27H20ClF3N8O2. The molecule has 5 rings (SSSR count). The molecule has 3 heterocycles. The number of hydrogen-bond donors (Lipinski definition) is 3. The Balaban J connectivity index is 1.64. The van der Waals surface area contributed by atoms with Crippen LogP contribution in [0.4, 0.5) is 24.8 Å². The molecule has 0 radical (unpaired) electrons. The largest absolute Gasteiger partial charge is 0.494 e. The van der Waals surface area contributed by atoms with E-state index < -0.39 is 40.3 Å². The first-order chi connectivity index (χ1) is 19.6. The summed E-state index contributed by atoms with van der Waals surface area (Å²) in [6, 6.07) is 7.35. The highest BCUT2D eigenvalue weighted by Crippen LogP contribution is 2.30. The predicted molar refractivity (Wildman–Crippen MR) is 147 cm³/mol. The van der Waals surface area contributed by atoms with Crippen LogP contribution in [0.2, 0.25) is 5.02 Å². The van der Waals surface area contributed by atoms with Gasteiger partial charge in [-0.2, -0.15) is 4.39 Å². The first-order valence-corrected chi connectivity index (χ1v) is 12.3. The van der Waals surface area contributed by atoms with Gasteiger partial charge in [-0.1, -0.05) is 17.7 Å². The summed E-state index contributed by atoms with van der Waals surface area (Å²) in [6.45, 7) is 1.63. The zero-order chi connectivity index (χ0) is 29.4. The molecular weight excluding hydrogens is 561 g/mol. The summed E-state index contributed by atoms with van der Waals surface area (Å²) in [5, 5.41) is 11.9. The number of nitrogens with zero attached hydrogens (tertiary/aromatic N) is 5. The van der Waals surface area contributed by atoms with Gasteiger partial charge in [-0.3, -0.25) is 19.8 Å². The van der Waals surface area contributed by atoms with Gasteiger partial charge in [0.1, 0.15) is 29.6 Å². The summed E-state index contributed by atoms with van der Waals surface area (Å²) in [4.78, 5) is 30.2. The van der Waals surface area contributed by atoms with E-state index in [1.807, 2.05) is 0 Å². The van der Waals surface area contributed by atoms with Crippen LogP contribution in [-0.2, 0) is 0 Å². The fraction of sp³-hybridized carbons (Fsp3) is 0.111. The molecule has 0 fully saturated rings. The van der Waals surface area contributed by atoms with Gasteiger partial charge >= 0.3 is 0 Å². The van der Waals surface area contributed by atoms with Gasteiger partial charge in [0, 0.05) is 11.6 Å². The molecule has 4 N–H and O–H groups in total. The summed E-state index contributed by atoms with van der Waals surface area (Å²) in [6.07, 6.45) is 3.39. The average molecular weight is 581 g/mol. The third-order valence-electron chi connectivity index (χ3n) is 6.22. The van der Waals surface area contributed by atoms with Gasteiger partial charge in [-0.25, -0.2) is 23.7 Å². The Labute approximate surface area is 235 Å². The number of ether oxygens (including phenoxy) is 1. The molecule has 3 aromatic heterocycles. The van der Waals surface area contributed by atoms with Crippen molar-refractivity contribution in [1.29, 1.82) is 5.41 Å². The Morgan fingerprint density at radius 2 is 1.93 bits per heavy atom. The molecule has 0 bridgehead atoms. The second-order valence-corrected chi connectivity index (χ2v) is 9.18. The van der Waals surface area contributed by atoms with Gasteiger partial charge in [0.05, 0.1) is 58.4 Å². The lowest BCUT2D eigenvalue weighted by molar-refractivity contribution is 0.371. The number of hydrogen-bond acceptors (Lipinski definition) is 9. The van der Waals surface area contributed by atoms with E-state index in [9.17, 15) is 18.0 Å². The number of nitrogen functional groups attached to an aromatic ring is 1. The van der Waals surface area contributed by atoms with Gasteiger partial charge in [0.25, 0.3) is 5.56 Å². The minimum Gasteiger partial charge on any atom is -0.494 e. The van der Waals surface area contributed by atoms with Crippen molar-refractivity contribution in [2.75, 3.05) is 18.2 Å². The van der Waals surface area contributed by atoms with Crippen LogP contribution >= 0.6 is 11.6 Å². The van der Waals surface area contributed by atoms with E-state index in [1.165, 1.54) is 31.5 Å². The van der Waals surface area contributed by atoms with Crippen LogP contribution in [-0.4, -0.2) is 37.3 Å². The minimum absolute atomic E-state index is 0.0324. The smallest absolute Gasteiger partial charge is 0.267 e. The number of pyridine rings is 1. The van der Waals surface area contributed by atoms with E-state index in [0.717, 1.165) is 23.2 Å². The number of halogens is 4. The fourth-order valence-corrected chi connectivity index (χ4v) is 4.56. The minimum atomic E-state index is -1.32. The number of methoxy groups -OCH3 is 1. The van der Waals surface area contributed by atoms with Crippen molar-refractivity contribution in [1.82, 2.24) is 24.5 Å². The molecule has 1 atom stereocenters. The second-order valence-electron chi connectivity index (χ2n) is 8.77. The first-order valence-electron chi connectivity index (χ1n) is 11.9. The number of fused-ring (bicyclic) bond motifs is 1. The number of nitrogens with two attached hydrogens (primary N) is 1. The Morgan fingerprint density at radius 1 is 1.15 bits per heavy atom. The van der Waals surface area contributed by atoms with E-state index >= 15 is 0 Å². The van der Waals surface area contributed by atoms with Gasteiger partial charge in [-0.15, -0.1) is 0 Å². The molecule has 10 nitrogen and oxygen atoms in total. The van der Waals surface area contributed by atoms with E-state index in [1.54, 1.807) is 19.1 Å². The Kier molecular flexibility index (Phi) is 7.28. The number of aromatic nitrogens is 5. The van der Waals surface area contributed by atoms with Gasteiger partial charge in [0.15, 0.2) is 11.6 Å². The maximum Gasteiger partial charge on any atom is 0.267 e. The molecule has 41 heavy (non-hydrogen) atoms. The zero-order valence-electron chi connectivity index (χ0n) is 21.4. The maximum atomic E-state index is 14.9. The SMILES string of the molecule is COc1ccc(C(=N)c2c(N)ncnc2NC(C)c2nc3cccc(Cl)c3c(=O)n2-c2cncc(F)c2)c(F)c1F. The van der Waals surface area contributed by atoms with Gasteiger partial charge < -0.3 is 15.8 Å². The summed E-state index contributed by atoms with van der Waals surface area (Å²) in [5.41, 5.74) is 4.78. The van der Waals surface area contributed by atoms with Crippen LogP contribution in [0.3, 0.4) is 0 Å². The Hall–Kier alpha value is -5.04. The van der Waals surface area contributed by atoms with Crippen LogP contribution in [0, 0.1) is 22.9 Å². The first kappa shape index (κ1) is 27.5. The van der Waals surface area contributed by atoms with Gasteiger partial charge in [0.2, 0.25) is 5.82 Å². The molecule has 0 aliphatic rings. The summed E-state index contributed by atoms with van der Waals surface area (Å²) >= 11 is 6.31.